The van der Waals surface area contributed by atoms with Gasteiger partial charge in [-0.15, -0.1) is 0 Å². The Labute approximate surface area is 188 Å². The van der Waals surface area contributed by atoms with E-state index in [9.17, 15) is 13.2 Å². The summed E-state index contributed by atoms with van der Waals surface area (Å²) < 4.78 is 33.0. The summed E-state index contributed by atoms with van der Waals surface area (Å²) in [6.45, 7) is 4.31. The summed E-state index contributed by atoms with van der Waals surface area (Å²) in [5, 5.41) is 0.276. The van der Waals surface area contributed by atoms with Crippen LogP contribution in [0.1, 0.15) is 30.9 Å². The van der Waals surface area contributed by atoms with Crippen LogP contribution in [0.15, 0.2) is 47.4 Å². The van der Waals surface area contributed by atoms with Gasteiger partial charge in [0.05, 0.1) is 16.5 Å². The van der Waals surface area contributed by atoms with Crippen LogP contribution in [0.25, 0.3) is 0 Å². The van der Waals surface area contributed by atoms with E-state index >= 15 is 0 Å². The highest BCUT2D eigenvalue weighted by atomic mass is 35.5. The molecule has 2 aromatic rings. The zero-order chi connectivity index (χ0) is 22.0. The average molecular weight is 463 g/mol. The lowest BCUT2D eigenvalue weighted by atomic mass is 9.94. The summed E-state index contributed by atoms with van der Waals surface area (Å²) in [7, 11) is -3.66. The Morgan fingerprint density at radius 1 is 1.10 bits per heavy atom. The van der Waals surface area contributed by atoms with Crippen molar-refractivity contribution in [2.24, 2.45) is 5.92 Å². The minimum absolute atomic E-state index is 0.135. The molecule has 8 heteroatoms. The first-order chi connectivity index (χ1) is 14.9. The first-order valence-corrected chi connectivity index (χ1v) is 12.5. The SMILES string of the molecule is CCOc1ccc(S(=O)(=O)N2CCC(C(=O)N3CCc4ccccc4C3)CC2)cc1Cl. The Balaban J connectivity index is 1.39. The van der Waals surface area contributed by atoms with Gasteiger partial charge >= 0.3 is 0 Å². The molecule has 4 rings (SSSR count). The Kier molecular flexibility index (Phi) is 6.55. The molecule has 2 aliphatic heterocycles. The summed E-state index contributed by atoms with van der Waals surface area (Å²) in [6, 6.07) is 12.8. The molecule has 0 unspecified atom stereocenters. The minimum atomic E-state index is -3.66. The quantitative estimate of drug-likeness (QED) is 0.679. The van der Waals surface area contributed by atoms with Gasteiger partial charge in [0.1, 0.15) is 5.75 Å². The molecular formula is C23H27ClN2O4S. The molecule has 0 aromatic heterocycles. The van der Waals surface area contributed by atoms with Gasteiger partial charge < -0.3 is 9.64 Å². The number of piperidine rings is 1. The molecule has 1 fully saturated rings. The molecule has 6 nitrogen and oxygen atoms in total. The number of rotatable bonds is 5. The Bertz CT molecular complexity index is 1060. The fourth-order valence-corrected chi connectivity index (χ4v) is 6.15. The van der Waals surface area contributed by atoms with E-state index in [1.165, 1.54) is 27.6 Å². The number of nitrogens with zero attached hydrogens (tertiary/aromatic N) is 2. The fourth-order valence-electron chi connectivity index (χ4n) is 4.35. The van der Waals surface area contributed by atoms with Gasteiger partial charge in [-0.05, 0) is 55.5 Å². The highest BCUT2D eigenvalue weighted by Gasteiger charge is 2.34. The molecule has 0 aliphatic carbocycles. The number of amides is 1. The predicted octanol–water partition coefficient (Wildman–Crippen LogP) is 3.72. The highest BCUT2D eigenvalue weighted by Crippen LogP contribution is 2.31. The third-order valence-electron chi connectivity index (χ3n) is 6.09. The van der Waals surface area contributed by atoms with Crippen molar-refractivity contribution in [3.8, 4) is 5.75 Å². The smallest absolute Gasteiger partial charge is 0.243 e. The van der Waals surface area contributed by atoms with Crippen LogP contribution in [0.3, 0.4) is 0 Å². The number of fused-ring (bicyclic) bond motifs is 1. The Morgan fingerprint density at radius 2 is 1.81 bits per heavy atom. The van der Waals surface area contributed by atoms with E-state index in [0.29, 0.717) is 44.8 Å². The number of halogens is 1. The van der Waals surface area contributed by atoms with Crippen LogP contribution >= 0.6 is 11.6 Å². The van der Waals surface area contributed by atoms with Gasteiger partial charge in [0.15, 0.2) is 0 Å². The Morgan fingerprint density at radius 3 is 2.48 bits per heavy atom. The van der Waals surface area contributed by atoms with Gasteiger partial charge in [0.25, 0.3) is 0 Å². The van der Waals surface area contributed by atoms with E-state index in [1.54, 1.807) is 6.07 Å². The summed E-state index contributed by atoms with van der Waals surface area (Å²) in [5.41, 5.74) is 2.51. The largest absolute Gasteiger partial charge is 0.492 e. The normalized spacial score (nSPS) is 17.9. The molecule has 2 aliphatic rings. The van der Waals surface area contributed by atoms with Crippen LogP contribution in [0.2, 0.25) is 5.02 Å². The van der Waals surface area contributed by atoms with Crippen LogP contribution in [0.5, 0.6) is 5.75 Å². The van der Waals surface area contributed by atoms with E-state index < -0.39 is 10.0 Å². The average Bonchev–Trinajstić information content (AvgIpc) is 2.79. The van der Waals surface area contributed by atoms with Crippen LogP contribution in [-0.2, 0) is 27.8 Å². The first kappa shape index (κ1) is 22.1. The van der Waals surface area contributed by atoms with Crippen molar-refractivity contribution in [2.45, 2.75) is 37.6 Å². The van der Waals surface area contributed by atoms with Crippen LogP contribution in [0.4, 0.5) is 0 Å². The molecule has 2 aromatic carbocycles. The van der Waals surface area contributed by atoms with Crippen molar-refractivity contribution in [3.05, 3.63) is 58.6 Å². The van der Waals surface area contributed by atoms with E-state index in [4.69, 9.17) is 16.3 Å². The van der Waals surface area contributed by atoms with Crippen molar-refractivity contribution >= 4 is 27.5 Å². The minimum Gasteiger partial charge on any atom is -0.492 e. The third kappa shape index (κ3) is 4.59. The molecule has 1 saturated heterocycles. The molecule has 0 radical (unpaired) electrons. The van der Waals surface area contributed by atoms with E-state index in [0.717, 1.165) is 13.0 Å². The maximum atomic E-state index is 13.1. The molecule has 31 heavy (non-hydrogen) atoms. The van der Waals surface area contributed by atoms with Gasteiger partial charge in [0.2, 0.25) is 15.9 Å². The molecule has 0 spiro atoms. The van der Waals surface area contributed by atoms with Crippen molar-refractivity contribution in [1.82, 2.24) is 9.21 Å². The molecule has 0 N–H and O–H groups in total. The zero-order valence-corrected chi connectivity index (χ0v) is 19.2. The van der Waals surface area contributed by atoms with Crippen molar-refractivity contribution in [2.75, 3.05) is 26.2 Å². The topological polar surface area (TPSA) is 66.9 Å². The van der Waals surface area contributed by atoms with Crippen LogP contribution in [-0.4, -0.2) is 49.8 Å². The van der Waals surface area contributed by atoms with E-state index in [-0.39, 0.29) is 21.7 Å². The summed E-state index contributed by atoms with van der Waals surface area (Å²) >= 11 is 6.18. The van der Waals surface area contributed by atoms with Crippen LogP contribution < -0.4 is 4.74 Å². The number of carbonyl (C=O) groups excluding carboxylic acids is 1. The Hall–Kier alpha value is -2.09. The van der Waals surface area contributed by atoms with Crippen molar-refractivity contribution in [3.63, 3.8) is 0 Å². The standard InChI is InChI=1S/C23H27ClN2O4S/c1-2-30-22-8-7-20(15-21(22)24)31(28,29)26-13-10-18(11-14-26)23(27)25-12-9-17-5-3-4-6-19(17)16-25/h3-8,15,18H,2,9-14,16H2,1H3. The highest BCUT2D eigenvalue weighted by molar-refractivity contribution is 7.89. The lowest BCUT2D eigenvalue weighted by Crippen LogP contribution is -2.45. The maximum absolute atomic E-state index is 13.1. The maximum Gasteiger partial charge on any atom is 0.243 e. The van der Waals surface area contributed by atoms with Gasteiger partial charge in [-0.25, -0.2) is 8.42 Å². The van der Waals surface area contributed by atoms with Gasteiger partial charge in [-0.1, -0.05) is 35.9 Å². The number of hydrogen-bond donors (Lipinski definition) is 0. The van der Waals surface area contributed by atoms with Gasteiger partial charge in [-0.2, -0.15) is 4.31 Å². The second-order valence-electron chi connectivity index (χ2n) is 7.98. The molecular weight excluding hydrogens is 436 g/mol. The monoisotopic (exact) mass is 462 g/mol. The fraction of sp³-hybridized carbons (Fsp3) is 0.435. The number of sulfonamides is 1. The molecule has 0 bridgehead atoms. The summed E-state index contributed by atoms with van der Waals surface area (Å²) in [4.78, 5) is 15.1. The van der Waals surface area contributed by atoms with E-state index in [2.05, 4.69) is 12.1 Å². The summed E-state index contributed by atoms with van der Waals surface area (Å²) in [6.07, 6.45) is 1.93. The van der Waals surface area contributed by atoms with Gasteiger partial charge in [-0.3, -0.25) is 4.79 Å². The van der Waals surface area contributed by atoms with Gasteiger partial charge in [0, 0.05) is 32.1 Å². The molecule has 0 saturated carbocycles. The lowest BCUT2D eigenvalue weighted by molar-refractivity contribution is -0.137. The van der Waals surface area contributed by atoms with Crippen molar-refractivity contribution < 1.29 is 17.9 Å². The number of hydrogen-bond acceptors (Lipinski definition) is 4. The van der Waals surface area contributed by atoms with E-state index in [1.807, 2.05) is 24.0 Å². The second kappa shape index (κ2) is 9.18. The zero-order valence-electron chi connectivity index (χ0n) is 17.6. The molecule has 0 atom stereocenters. The summed E-state index contributed by atoms with van der Waals surface area (Å²) in [5.74, 6) is 0.465. The molecule has 2 heterocycles. The number of benzene rings is 2. The molecule has 166 valence electrons. The predicted molar refractivity (Wildman–Crippen MR) is 120 cm³/mol. The number of ether oxygens (including phenoxy) is 1. The van der Waals surface area contributed by atoms with Crippen molar-refractivity contribution in [1.29, 1.82) is 0 Å². The lowest BCUT2D eigenvalue weighted by Gasteiger charge is -2.35. The molecule has 1 amide bonds. The second-order valence-corrected chi connectivity index (χ2v) is 10.3. The first-order valence-electron chi connectivity index (χ1n) is 10.7. The van der Waals surface area contributed by atoms with Crippen LogP contribution in [0, 0.1) is 5.92 Å². The third-order valence-corrected chi connectivity index (χ3v) is 8.28. The number of carbonyl (C=O) groups is 1.